The van der Waals surface area contributed by atoms with E-state index in [1.54, 1.807) is 0 Å². The lowest BCUT2D eigenvalue weighted by Crippen LogP contribution is -2.39. The van der Waals surface area contributed by atoms with Gasteiger partial charge in [-0.3, -0.25) is 0 Å². The minimum Gasteiger partial charge on any atom is -0.366 e. The van der Waals surface area contributed by atoms with Gasteiger partial charge in [0.05, 0.1) is 6.61 Å². The Morgan fingerprint density at radius 2 is 1.19 bits per heavy atom. The minimum absolute atomic E-state index is 0.219. The standard InChI is InChI=1S/C27H28O5/c1-26(2)31-23-22(30-25(28)24(23)32-26)18-29-27(19-12-6-3-7-13-19,20-14-8-4-9-15-20)21-16-10-5-11-17-21/h3-17,22-25,28H,18H2,1-2H3/t22-,23-,24+,25-/m1/s1. The number of aliphatic hydroxyl groups excluding tert-OH is 1. The maximum Gasteiger partial charge on any atom is 0.184 e. The highest BCUT2D eigenvalue weighted by Crippen LogP contribution is 2.43. The van der Waals surface area contributed by atoms with Gasteiger partial charge in [-0.15, -0.1) is 0 Å². The second-order valence-corrected chi connectivity index (χ2v) is 8.72. The lowest BCUT2D eigenvalue weighted by molar-refractivity contribution is -0.227. The molecule has 3 aromatic rings. The molecule has 0 aromatic heterocycles. The molecular formula is C27H28O5. The second-order valence-electron chi connectivity index (χ2n) is 8.72. The van der Waals surface area contributed by atoms with Crippen molar-refractivity contribution in [3.63, 3.8) is 0 Å². The fourth-order valence-corrected chi connectivity index (χ4v) is 4.77. The van der Waals surface area contributed by atoms with E-state index in [-0.39, 0.29) is 6.61 Å². The molecule has 166 valence electrons. The van der Waals surface area contributed by atoms with E-state index >= 15 is 0 Å². The number of rotatable bonds is 6. The van der Waals surface area contributed by atoms with Crippen LogP contribution in [0.1, 0.15) is 30.5 Å². The molecular weight excluding hydrogens is 404 g/mol. The Hall–Kier alpha value is -2.54. The summed E-state index contributed by atoms with van der Waals surface area (Å²) in [4.78, 5) is 0. The van der Waals surface area contributed by atoms with Crippen LogP contribution in [0, 0.1) is 0 Å². The Bertz CT molecular complexity index is 925. The summed E-state index contributed by atoms with van der Waals surface area (Å²) in [5.74, 6) is -0.770. The zero-order valence-electron chi connectivity index (χ0n) is 18.3. The smallest absolute Gasteiger partial charge is 0.184 e. The van der Waals surface area contributed by atoms with Gasteiger partial charge in [-0.25, -0.2) is 0 Å². The summed E-state index contributed by atoms with van der Waals surface area (Å²) in [5, 5.41) is 10.4. The van der Waals surface area contributed by atoms with Crippen molar-refractivity contribution in [3.8, 4) is 0 Å². The quantitative estimate of drug-likeness (QED) is 0.591. The van der Waals surface area contributed by atoms with Crippen LogP contribution in [-0.4, -0.2) is 42.1 Å². The van der Waals surface area contributed by atoms with Gasteiger partial charge < -0.3 is 24.1 Å². The SMILES string of the molecule is CC1(C)O[C@H]2[C@H](O1)[C@@H](COC(c1ccccc1)(c1ccccc1)c1ccccc1)O[C@H]2O. The van der Waals surface area contributed by atoms with Crippen molar-refractivity contribution in [3.05, 3.63) is 108 Å². The average molecular weight is 433 g/mol. The normalized spacial score (nSPS) is 26.7. The molecule has 1 N–H and O–H groups in total. The first-order valence-electron chi connectivity index (χ1n) is 11.0. The summed E-state index contributed by atoms with van der Waals surface area (Å²) in [6, 6.07) is 30.5. The summed E-state index contributed by atoms with van der Waals surface area (Å²) in [5.41, 5.74) is 2.18. The van der Waals surface area contributed by atoms with Crippen LogP contribution in [0.4, 0.5) is 0 Å². The van der Waals surface area contributed by atoms with Crippen LogP contribution in [0.5, 0.6) is 0 Å². The first-order valence-corrected chi connectivity index (χ1v) is 11.0. The summed E-state index contributed by atoms with van der Waals surface area (Å²) in [6.07, 6.45) is -2.44. The van der Waals surface area contributed by atoms with Gasteiger partial charge in [0.15, 0.2) is 12.1 Å². The van der Waals surface area contributed by atoms with Crippen molar-refractivity contribution in [2.24, 2.45) is 0 Å². The van der Waals surface area contributed by atoms with E-state index in [0.717, 1.165) is 16.7 Å². The van der Waals surface area contributed by atoms with Crippen LogP contribution in [0.2, 0.25) is 0 Å². The van der Waals surface area contributed by atoms with Crippen LogP contribution in [0.15, 0.2) is 91.0 Å². The van der Waals surface area contributed by atoms with Crippen LogP contribution in [0.25, 0.3) is 0 Å². The summed E-state index contributed by atoms with van der Waals surface area (Å²) in [6.45, 7) is 3.91. The maximum absolute atomic E-state index is 10.4. The molecule has 0 spiro atoms. The average Bonchev–Trinajstić information content (AvgIpc) is 3.29. The Kier molecular flexibility index (Phi) is 5.61. The third-order valence-corrected chi connectivity index (χ3v) is 6.13. The molecule has 5 heteroatoms. The van der Waals surface area contributed by atoms with Crippen molar-refractivity contribution in [2.45, 2.75) is 49.8 Å². The number of hydrogen-bond donors (Lipinski definition) is 1. The Morgan fingerprint density at radius 3 is 1.66 bits per heavy atom. The first kappa shape index (κ1) is 21.3. The molecule has 2 aliphatic heterocycles. The molecule has 2 aliphatic rings. The van der Waals surface area contributed by atoms with Crippen molar-refractivity contribution in [1.29, 1.82) is 0 Å². The van der Waals surface area contributed by atoms with Gasteiger partial charge in [-0.05, 0) is 30.5 Å². The zero-order chi connectivity index (χ0) is 22.2. The lowest BCUT2D eigenvalue weighted by Gasteiger charge is -2.37. The van der Waals surface area contributed by atoms with E-state index in [0.29, 0.717) is 0 Å². The molecule has 2 heterocycles. The molecule has 3 aromatic carbocycles. The number of ether oxygens (including phenoxy) is 4. The van der Waals surface area contributed by atoms with Crippen LogP contribution < -0.4 is 0 Å². The van der Waals surface area contributed by atoms with Crippen molar-refractivity contribution in [2.75, 3.05) is 6.61 Å². The van der Waals surface area contributed by atoms with Crippen molar-refractivity contribution in [1.82, 2.24) is 0 Å². The van der Waals surface area contributed by atoms with Gasteiger partial charge >= 0.3 is 0 Å². The number of aliphatic hydroxyl groups is 1. The van der Waals surface area contributed by atoms with Gasteiger partial charge in [0.25, 0.3) is 0 Å². The minimum atomic E-state index is -1.05. The van der Waals surface area contributed by atoms with E-state index < -0.39 is 36.0 Å². The molecule has 0 amide bonds. The van der Waals surface area contributed by atoms with E-state index in [1.165, 1.54) is 0 Å². The van der Waals surface area contributed by atoms with E-state index in [9.17, 15) is 5.11 Å². The fourth-order valence-electron chi connectivity index (χ4n) is 4.77. The Labute approximate surface area is 188 Å². The van der Waals surface area contributed by atoms with Crippen molar-refractivity contribution >= 4 is 0 Å². The zero-order valence-corrected chi connectivity index (χ0v) is 18.3. The highest BCUT2D eigenvalue weighted by atomic mass is 16.8. The molecule has 5 nitrogen and oxygen atoms in total. The third-order valence-electron chi connectivity index (χ3n) is 6.13. The Morgan fingerprint density at radius 1 is 0.750 bits per heavy atom. The maximum atomic E-state index is 10.4. The highest BCUT2D eigenvalue weighted by Gasteiger charge is 2.55. The highest BCUT2D eigenvalue weighted by molar-refractivity contribution is 5.47. The van der Waals surface area contributed by atoms with E-state index in [1.807, 2.05) is 68.4 Å². The number of benzene rings is 3. The predicted octanol–water partition coefficient (Wildman–Crippen LogP) is 4.23. The fraction of sp³-hybridized carbons (Fsp3) is 0.333. The topological polar surface area (TPSA) is 57.2 Å². The molecule has 32 heavy (non-hydrogen) atoms. The van der Waals surface area contributed by atoms with Crippen LogP contribution >= 0.6 is 0 Å². The van der Waals surface area contributed by atoms with Crippen LogP contribution in [-0.2, 0) is 24.5 Å². The van der Waals surface area contributed by atoms with Gasteiger partial charge in [0.2, 0.25) is 0 Å². The van der Waals surface area contributed by atoms with Gasteiger partial charge in [0.1, 0.15) is 23.9 Å². The van der Waals surface area contributed by atoms with E-state index in [4.69, 9.17) is 18.9 Å². The van der Waals surface area contributed by atoms with Crippen LogP contribution in [0.3, 0.4) is 0 Å². The summed E-state index contributed by atoms with van der Waals surface area (Å²) < 4.78 is 24.5. The summed E-state index contributed by atoms with van der Waals surface area (Å²) in [7, 11) is 0. The lowest BCUT2D eigenvalue weighted by atomic mass is 9.80. The van der Waals surface area contributed by atoms with Crippen molar-refractivity contribution < 1.29 is 24.1 Å². The molecule has 0 saturated carbocycles. The van der Waals surface area contributed by atoms with Gasteiger partial charge in [-0.2, -0.15) is 0 Å². The van der Waals surface area contributed by atoms with Gasteiger partial charge in [-0.1, -0.05) is 91.0 Å². The van der Waals surface area contributed by atoms with Gasteiger partial charge in [0, 0.05) is 0 Å². The third kappa shape index (κ3) is 3.76. The van der Waals surface area contributed by atoms with E-state index in [2.05, 4.69) is 36.4 Å². The molecule has 0 bridgehead atoms. The molecule has 2 fully saturated rings. The molecule has 4 atom stereocenters. The molecule has 0 radical (unpaired) electrons. The summed E-state index contributed by atoms with van der Waals surface area (Å²) >= 11 is 0. The molecule has 0 unspecified atom stereocenters. The monoisotopic (exact) mass is 432 g/mol. The largest absolute Gasteiger partial charge is 0.366 e. The number of hydrogen-bond acceptors (Lipinski definition) is 5. The second kappa shape index (κ2) is 8.43. The Balaban J connectivity index is 1.55. The molecule has 5 rings (SSSR count). The molecule has 2 saturated heterocycles. The molecule has 0 aliphatic carbocycles. The predicted molar refractivity (Wildman–Crippen MR) is 120 cm³/mol. The first-order chi connectivity index (χ1) is 15.5. The number of fused-ring (bicyclic) bond motifs is 1.